The zero-order chi connectivity index (χ0) is 31.1. The second-order valence-corrected chi connectivity index (χ2v) is 11.9. The second kappa shape index (κ2) is 13.2. The number of ether oxygens (including phenoxy) is 2. The van der Waals surface area contributed by atoms with E-state index in [1.54, 1.807) is 44.3 Å². The number of methoxy groups -OCH3 is 1. The van der Waals surface area contributed by atoms with Gasteiger partial charge in [-0.05, 0) is 56.8 Å². The van der Waals surface area contributed by atoms with Crippen LogP contribution in [0.2, 0.25) is 0 Å². The van der Waals surface area contributed by atoms with E-state index in [0.717, 1.165) is 11.1 Å². The number of anilines is 1. The lowest BCUT2D eigenvalue weighted by atomic mass is 10.0. The van der Waals surface area contributed by atoms with E-state index in [1.807, 2.05) is 37.3 Å². The van der Waals surface area contributed by atoms with Crippen LogP contribution in [0.4, 0.5) is 5.69 Å². The third-order valence-electron chi connectivity index (χ3n) is 6.37. The van der Waals surface area contributed by atoms with Gasteiger partial charge in [0.25, 0.3) is 17.7 Å². The highest BCUT2D eigenvalue weighted by molar-refractivity contribution is 7.93. The largest absolute Gasteiger partial charge is 0.493 e. The van der Waals surface area contributed by atoms with E-state index in [1.165, 1.54) is 25.5 Å². The van der Waals surface area contributed by atoms with Crippen LogP contribution in [0.5, 0.6) is 17.4 Å². The Labute approximate surface area is 250 Å². The van der Waals surface area contributed by atoms with Gasteiger partial charge in [0, 0.05) is 28.5 Å². The summed E-state index contributed by atoms with van der Waals surface area (Å²) in [5, 5.41) is 23.4. The number of aromatic nitrogens is 2. The van der Waals surface area contributed by atoms with Gasteiger partial charge in [-0.25, -0.2) is 4.21 Å². The Morgan fingerprint density at radius 2 is 1.77 bits per heavy atom. The molecule has 0 saturated carbocycles. The highest BCUT2D eigenvalue weighted by Crippen LogP contribution is 2.36. The lowest BCUT2D eigenvalue weighted by Crippen LogP contribution is -2.18. The standard InChI is InChI=1S/C31H30N6O5S/c1-19-9-12-22(13-10-19)29-20(2)28(31(36-35-29)42-25-14-11-21(17-32)15-26(25)41-4)30(39)34-23-7-6-8-24(16-23)43(5,40)37-27(38)18-33-3/h6-16,33H,18H2,1-5H3,(H,34,39)/t43-/m1/s1. The van der Waals surface area contributed by atoms with Crippen molar-refractivity contribution in [2.75, 3.05) is 32.3 Å². The molecule has 0 aliphatic heterocycles. The summed E-state index contributed by atoms with van der Waals surface area (Å²) in [5.74, 6) is -0.697. The summed E-state index contributed by atoms with van der Waals surface area (Å²) in [5.41, 5.74) is 3.60. The van der Waals surface area contributed by atoms with Crippen molar-refractivity contribution in [3.05, 3.63) is 89.0 Å². The number of nitrogens with zero attached hydrogens (tertiary/aromatic N) is 4. The Morgan fingerprint density at radius 1 is 1.02 bits per heavy atom. The van der Waals surface area contributed by atoms with Crippen LogP contribution in [0.25, 0.3) is 11.3 Å². The van der Waals surface area contributed by atoms with Crippen molar-refractivity contribution in [2.24, 2.45) is 4.36 Å². The Kier molecular flexibility index (Phi) is 9.49. The molecule has 0 bridgehead atoms. The van der Waals surface area contributed by atoms with Crippen LogP contribution in [-0.2, 0) is 14.5 Å². The van der Waals surface area contributed by atoms with Gasteiger partial charge in [-0.15, -0.1) is 10.2 Å². The number of hydrogen-bond donors (Lipinski definition) is 2. The first kappa shape index (κ1) is 30.8. The average Bonchev–Trinajstić information content (AvgIpc) is 2.98. The van der Waals surface area contributed by atoms with Crippen molar-refractivity contribution in [1.29, 1.82) is 5.26 Å². The van der Waals surface area contributed by atoms with Crippen molar-refractivity contribution in [2.45, 2.75) is 18.7 Å². The first-order valence-electron chi connectivity index (χ1n) is 13.1. The van der Waals surface area contributed by atoms with E-state index < -0.39 is 21.5 Å². The van der Waals surface area contributed by atoms with Gasteiger partial charge in [0.2, 0.25) is 0 Å². The van der Waals surface area contributed by atoms with Crippen LogP contribution in [0, 0.1) is 25.2 Å². The fourth-order valence-corrected chi connectivity index (χ4v) is 5.42. The molecule has 2 N–H and O–H groups in total. The van der Waals surface area contributed by atoms with E-state index in [-0.39, 0.29) is 34.4 Å². The summed E-state index contributed by atoms with van der Waals surface area (Å²) < 4.78 is 28.5. The van der Waals surface area contributed by atoms with Gasteiger partial charge < -0.3 is 20.1 Å². The molecule has 11 nitrogen and oxygen atoms in total. The molecule has 1 heterocycles. The van der Waals surface area contributed by atoms with Crippen molar-refractivity contribution in [1.82, 2.24) is 15.5 Å². The van der Waals surface area contributed by atoms with Crippen LogP contribution in [0.3, 0.4) is 0 Å². The van der Waals surface area contributed by atoms with Crippen LogP contribution >= 0.6 is 0 Å². The quantitative estimate of drug-likeness (QED) is 0.274. The molecule has 4 rings (SSSR count). The van der Waals surface area contributed by atoms with Gasteiger partial charge >= 0.3 is 0 Å². The highest BCUT2D eigenvalue weighted by atomic mass is 32.2. The van der Waals surface area contributed by atoms with Crippen LogP contribution in [0.15, 0.2) is 76.0 Å². The minimum atomic E-state index is -3.07. The van der Waals surface area contributed by atoms with Crippen molar-refractivity contribution in [3.8, 4) is 34.7 Å². The fraction of sp³-hybridized carbons (Fsp3) is 0.194. The number of carbonyl (C=O) groups is 2. The molecule has 0 unspecified atom stereocenters. The number of benzene rings is 3. The van der Waals surface area contributed by atoms with Crippen molar-refractivity contribution in [3.63, 3.8) is 0 Å². The number of amides is 2. The van der Waals surface area contributed by atoms with Gasteiger partial charge in [0.05, 0.1) is 40.7 Å². The van der Waals surface area contributed by atoms with Crippen molar-refractivity contribution >= 4 is 27.2 Å². The van der Waals surface area contributed by atoms with Gasteiger partial charge in [0.1, 0.15) is 5.56 Å². The number of hydrogen-bond acceptors (Lipinski definition) is 9. The predicted octanol–water partition coefficient (Wildman–Crippen LogP) is 4.89. The number of nitriles is 1. The Bertz CT molecular complexity index is 1860. The third-order valence-corrected chi connectivity index (χ3v) is 8.05. The number of aryl methyl sites for hydroxylation is 1. The maximum absolute atomic E-state index is 13.9. The molecule has 0 aliphatic carbocycles. The van der Waals surface area contributed by atoms with Gasteiger partial charge in [0.15, 0.2) is 11.5 Å². The third kappa shape index (κ3) is 7.21. The molecule has 1 atom stereocenters. The normalized spacial score (nSPS) is 12.0. The molecule has 43 heavy (non-hydrogen) atoms. The van der Waals surface area contributed by atoms with Gasteiger partial charge in [-0.3, -0.25) is 9.59 Å². The van der Waals surface area contributed by atoms with Crippen LogP contribution in [-0.4, -0.2) is 53.2 Å². The summed E-state index contributed by atoms with van der Waals surface area (Å²) in [6, 6.07) is 20.6. The summed E-state index contributed by atoms with van der Waals surface area (Å²) in [4.78, 5) is 26.2. The SMILES string of the molecule is CNCC(=O)N=[S@](C)(=O)c1cccc(NC(=O)c2c(Oc3ccc(C#N)cc3OC)nnc(-c3ccc(C)cc3)c2C)c1. The molecule has 0 saturated heterocycles. The maximum atomic E-state index is 13.9. The zero-order valence-corrected chi connectivity index (χ0v) is 25.1. The van der Waals surface area contributed by atoms with Crippen LogP contribution in [0.1, 0.15) is 27.0 Å². The Hall–Kier alpha value is -5.12. The molecule has 4 aromatic rings. The predicted molar refractivity (Wildman–Crippen MR) is 163 cm³/mol. The van der Waals surface area contributed by atoms with E-state index in [0.29, 0.717) is 22.5 Å². The summed E-state index contributed by atoms with van der Waals surface area (Å²) >= 11 is 0. The molecule has 220 valence electrons. The smallest absolute Gasteiger partial charge is 0.267 e. The highest BCUT2D eigenvalue weighted by Gasteiger charge is 2.24. The van der Waals surface area contributed by atoms with Gasteiger partial charge in [-0.2, -0.15) is 9.62 Å². The molecule has 3 aromatic carbocycles. The molecule has 2 amide bonds. The van der Waals surface area contributed by atoms with E-state index >= 15 is 0 Å². The Morgan fingerprint density at radius 3 is 2.44 bits per heavy atom. The topological polar surface area (TPSA) is 156 Å². The molecule has 1 aromatic heterocycles. The first-order chi connectivity index (χ1) is 20.6. The number of nitrogens with one attached hydrogen (secondary N) is 2. The maximum Gasteiger partial charge on any atom is 0.267 e. The van der Waals surface area contributed by atoms with E-state index in [4.69, 9.17) is 9.47 Å². The summed E-state index contributed by atoms with van der Waals surface area (Å²) in [6.07, 6.45) is 1.36. The Balaban J connectivity index is 1.78. The minimum absolute atomic E-state index is 0.0499. The van der Waals surface area contributed by atoms with Crippen molar-refractivity contribution < 1.29 is 23.3 Å². The second-order valence-electron chi connectivity index (χ2n) is 9.60. The zero-order valence-electron chi connectivity index (χ0n) is 24.3. The molecule has 0 radical (unpaired) electrons. The molecule has 0 spiro atoms. The lowest BCUT2D eigenvalue weighted by Gasteiger charge is -2.16. The molecular formula is C31H30N6O5S. The molecule has 12 heteroatoms. The minimum Gasteiger partial charge on any atom is -0.493 e. The van der Waals surface area contributed by atoms with E-state index in [9.17, 15) is 19.1 Å². The van der Waals surface area contributed by atoms with E-state index in [2.05, 4.69) is 25.2 Å². The first-order valence-corrected chi connectivity index (χ1v) is 15.0. The lowest BCUT2D eigenvalue weighted by molar-refractivity contribution is -0.116. The molecular weight excluding hydrogens is 568 g/mol. The number of carbonyl (C=O) groups excluding carboxylic acids is 2. The molecule has 0 aliphatic rings. The fourth-order valence-electron chi connectivity index (χ4n) is 4.18. The van der Waals surface area contributed by atoms with Crippen LogP contribution < -0.4 is 20.1 Å². The molecule has 0 fully saturated rings. The monoisotopic (exact) mass is 598 g/mol. The average molecular weight is 599 g/mol. The summed E-state index contributed by atoms with van der Waals surface area (Å²) in [6.45, 7) is 3.66. The van der Waals surface area contributed by atoms with Gasteiger partial charge in [-0.1, -0.05) is 35.9 Å². The number of rotatable bonds is 9. The number of likely N-dealkylation sites (N-methyl/N-ethyl adjacent to an activating group) is 1. The summed E-state index contributed by atoms with van der Waals surface area (Å²) in [7, 11) is -0.0410.